The van der Waals surface area contributed by atoms with Crippen LogP contribution >= 0.6 is 0 Å². The van der Waals surface area contributed by atoms with Crippen molar-refractivity contribution in [3.63, 3.8) is 0 Å². The van der Waals surface area contributed by atoms with Crippen molar-refractivity contribution in [3.8, 4) is 0 Å². The molecule has 12 heavy (non-hydrogen) atoms. The van der Waals surface area contributed by atoms with Gasteiger partial charge in [0.25, 0.3) is 0 Å². The van der Waals surface area contributed by atoms with Crippen LogP contribution in [0.2, 0.25) is 0 Å². The minimum absolute atomic E-state index is 0.180. The van der Waals surface area contributed by atoms with Gasteiger partial charge >= 0.3 is 7.12 Å². The maximum absolute atomic E-state index is 8.81. The molecule has 4 nitrogen and oxygen atoms in total. The predicted octanol–water partition coefficient (Wildman–Crippen LogP) is -0.443. The zero-order valence-corrected chi connectivity index (χ0v) is 6.90. The number of ether oxygens (including phenoxy) is 1. The lowest BCUT2D eigenvalue weighted by Crippen LogP contribution is -2.17. The highest BCUT2D eigenvalue weighted by Gasteiger charge is 2.17. The zero-order valence-electron chi connectivity index (χ0n) is 6.90. The van der Waals surface area contributed by atoms with Crippen LogP contribution in [0.3, 0.4) is 0 Å². The molecule has 0 rings (SSSR count). The maximum atomic E-state index is 8.81. The van der Waals surface area contributed by atoms with Crippen molar-refractivity contribution in [2.24, 2.45) is 5.73 Å². The Bertz CT molecular complexity index is 211. The summed E-state index contributed by atoms with van der Waals surface area (Å²) in [5.41, 5.74) is 5.24. The second kappa shape index (κ2) is 5.45. The van der Waals surface area contributed by atoms with Gasteiger partial charge in [-0.05, 0) is 12.3 Å². The smallest absolute Gasteiger partial charge is 0.492 e. The molecule has 0 heterocycles. The summed E-state index contributed by atoms with van der Waals surface area (Å²) in [4.78, 5) is 0. The lowest BCUT2D eigenvalue weighted by molar-refractivity contribution is 0.300. The van der Waals surface area contributed by atoms with E-state index in [1.54, 1.807) is 0 Å². The summed E-state index contributed by atoms with van der Waals surface area (Å²) in [7, 11) is -0.210. The van der Waals surface area contributed by atoms with Crippen LogP contribution in [0.4, 0.5) is 0 Å². The van der Waals surface area contributed by atoms with E-state index in [2.05, 4.69) is 6.58 Å². The Hall–Kier alpha value is -1.20. The summed E-state index contributed by atoms with van der Waals surface area (Å²) in [5, 5.41) is 17.6. The number of allylic oxidation sites excluding steroid dienone is 3. The van der Waals surface area contributed by atoms with Gasteiger partial charge in [-0.25, -0.2) is 0 Å². The fourth-order valence-corrected chi connectivity index (χ4v) is 0.600. The molecule has 0 aromatic carbocycles. The lowest BCUT2D eigenvalue weighted by atomic mass is 9.78. The van der Waals surface area contributed by atoms with E-state index in [0.29, 0.717) is 0 Å². The summed E-state index contributed by atoms with van der Waals surface area (Å²) in [5.74, 6) is 0.197. The number of hydrogen-bond donors (Lipinski definition) is 3. The number of rotatable bonds is 4. The van der Waals surface area contributed by atoms with Crippen LogP contribution in [0.5, 0.6) is 0 Å². The van der Waals surface area contributed by atoms with E-state index in [1.165, 1.54) is 25.5 Å². The first-order valence-corrected chi connectivity index (χ1v) is 3.31. The molecule has 0 radical (unpaired) electrons. The lowest BCUT2D eigenvalue weighted by Gasteiger charge is -2.06. The first-order chi connectivity index (χ1) is 5.63. The molecule has 66 valence electrons. The Morgan fingerprint density at radius 3 is 2.50 bits per heavy atom. The standard InChI is InChI=1S/C7H12BNO3/c1-6(12-2)7(8(10)11)4-3-5-9/h3-5,10-11H,1,9H2,2H3/b5-3-,7-4+. The summed E-state index contributed by atoms with van der Waals surface area (Å²) in [6.45, 7) is 3.46. The molecule has 0 fully saturated rings. The van der Waals surface area contributed by atoms with Crippen molar-refractivity contribution in [3.05, 3.63) is 36.2 Å². The zero-order chi connectivity index (χ0) is 9.56. The first-order valence-electron chi connectivity index (χ1n) is 3.31. The topological polar surface area (TPSA) is 75.7 Å². The molecule has 0 aliphatic rings. The van der Waals surface area contributed by atoms with E-state index in [0.717, 1.165) is 0 Å². The predicted molar refractivity (Wildman–Crippen MR) is 47.8 cm³/mol. The molecule has 0 saturated carbocycles. The van der Waals surface area contributed by atoms with Gasteiger partial charge in [0, 0.05) is 5.47 Å². The largest absolute Gasteiger partial charge is 0.498 e. The number of methoxy groups -OCH3 is 1. The van der Waals surface area contributed by atoms with Crippen molar-refractivity contribution in [1.82, 2.24) is 0 Å². The number of hydrogen-bond acceptors (Lipinski definition) is 4. The van der Waals surface area contributed by atoms with Crippen molar-refractivity contribution in [2.45, 2.75) is 0 Å². The van der Waals surface area contributed by atoms with E-state index in [9.17, 15) is 0 Å². The van der Waals surface area contributed by atoms with Crippen LogP contribution in [-0.4, -0.2) is 24.3 Å². The average molecular weight is 169 g/mol. The quantitative estimate of drug-likeness (QED) is 0.303. The molecule has 0 aromatic rings. The third-order valence-electron chi connectivity index (χ3n) is 1.23. The monoisotopic (exact) mass is 169 g/mol. The average Bonchev–Trinajstić information content (AvgIpc) is 2.04. The molecule has 0 unspecified atom stereocenters. The fourth-order valence-electron chi connectivity index (χ4n) is 0.600. The minimum atomic E-state index is -1.60. The molecule has 0 spiro atoms. The Morgan fingerprint density at radius 1 is 1.58 bits per heavy atom. The second-order valence-electron chi connectivity index (χ2n) is 2.01. The SMILES string of the molecule is C=C(OC)/C(=C\C=C/N)B(O)O. The van der Waals surface area contributed by atoms with Crippen LogP contribution in [0.15, 0.2) is 36.2 Å². The summed E-state index contributed by atoms with van der Waals surface area (Å²) in [6.07, 6.45) is 4.14. The van der Waals surface area contributed by atoms with Crippen molar-refractivity contribution in [1.29, 1.82) is 0 Å². The van der Waals surface area contributed by atoms with E-state index < -0.39 is 7.12 Å². The van der Waals surface area contributed by atoms with Crippen LogP contribution in [0.1, 0.15) is 0 Å². The van der Waals surface area contributed by atoms with Crippen molar-refractivity contribution < 1.29 is 14.8 Å². The molecule has 0 aromatic heterocycles. The Morgan fingerprint density at radius 2 is 2.17 bits per heavy atom. The van der Waals surface area contributed by atoms with Gasteiger partial charge in [0.1, 0.15) is 5.76 Å². The molecule has 0 bridgehead atoms. The van der Waals surface area contributed by atoms with Gasteiger partial charge in [-0.3, -0.25) is 0 Å². The Kier molecular flexibility index (Phi) is 4.91. The van der Waals surface area contributed by atoms with Crippen LogP contribution < -0.4 is 5.73 Å². The van der Waals surface area contributed by atoms with E-state index in [-0.39, 0.29) is 11.2 Å². The van der Waals surface area contributed by atoms with Crippen molar-refractivity contribution in [2.75, 3.05) is 7.11 Å². The fraction of sp³-hybridized carbons (Fsp3) is 0.143. The van der Waals surface area contributed by atoms with Gasteiger partial charge in [0.2, 0.25) is 0 Å². The minimum Gasteiger partial charge on any atom is -0.498 e. The molecular weight excluding hydrogens is 157 g/mol. The third kappa shape index (κ3) is 3.27. The Balaban J connectivity index is 4.54. The molecule has 0 aliphatic heterocycles. The van der Waals surface area contributed by atoms with Crippen LogP contribution in [0.25, 0.3) is 0 Å². The summed E-state index contributed by atoms with van der Waals surface area (Å²) in [6, 6.07) is 0. The molecular formula is C7H12BNO3. The first kappa shape index (κ1) is 10.8. The van der Waals surface area contributed by atoms with Gasteiger partial charge in [0.05, 0.1) is 7.11 Å². The molecule has 0 aliphatic carbocycles. The Labute approximate surface area is 71.8 Å². The summed E-state index contributed by atoms with van der Waals surface area (Å²) >= 11 is 0. The van der Waals surface area contributed by atoms with Gasteiger partial charge in [0.15, 0.2) is 0 Å². The molecule has 4 N–H and O–H groups in total. The highest BCUT2D eigenvalue weighted by molar-refractivity contribution is 6.52. The van der Waals surface area contributed by atoms with Crippen LogP contribution in [0, 0.1) is 0 Å². The van der Waals surface area contributed by atoms with Gasteiger partial charge < -0.3 is 20.5 Å². The highest BCUT2D eigenvalue weighted by atomic mass is 16.5. The van der Waals surface area contributed by atoms with E-state index in [1.807, 2.05) is 0 Å². The second-order valence-corrected chi connectivity index (χ2v) is 2.01. The molecule has 5 heteroatoms. The van der Waals surface area contributed by atoms with E-state index in [4.69, 9.17) is 20.5 Å². The third-order valence-corrected chi connectivity index (χ3v) is 1.23. The highest BCUT2D eigenvalue weighted by Crippen LogP contribution is 2.09. The van der Waals surface area contributed by atoms with E-state index >= 15 is 0 Å². The van der Waals surface area contributed by atoms with Crippen LogP contribution in [-0.2, 0) is 4.74 Å². The van der Waals surface area contributed by atoms with Gasteiger partial charge in [-0.1, -0.05) is 12.7 Å². The normalized spacial score (nSPS) is 11.8. The molecule has 0 atom stereocenters. The van der Waals surface area contributed by atoms with Crippen molar-refractivity contribution >= 4 is 7.12 Å². The molecule has 0 amide bonds. The summed E-state index contributed by atoms with van der Waals surface area (Å²) < 4.78 is 4.71. The number of nitrogens with two attached hydrogens (primary N) is 1. The maximum Gasteiger partial charge on any atom is 0.492 e. The van der Waals surface area contributed by atoms with Gasteiger partial charge in [-0.15, -0.1) is 0 Å². The van der Waals surface area contributed by atoms with Gasteiger partial charge in [-0.2, -0.15) is 0 Å². The molecule has 0 saturated heterocycles.